The van der Waals surface area contributed by atoms with Crippen molar-refractivity contribution in [1.29, 1.82) is 0 Å². The van der Waals surface area contributed by atoms with Gasteiger partial charge in [0.15, 0.2) is 11.6 Å². The van der Waals surface area contributed by atoms with Crippen LogP contribution in [0.5, 0.6) is 5.75 Å². The molecule has 0 amide bonds. The normalized spacial score (nSPS) is 10.8. The zero-order chi connectivity index (χ0) is 17.8. The second-order valence-electron chi connectivity index (χ2n) is 5.33. The molecule has 130 valence electrons. The number of tetrazole rings is 1. The van der Waals surface area contributed by atoms with E-state index in [0.29, 0.717) is 16.7 Å². The molecule has 0 bridgehead atoms. The maximum atomic E-state index is 5.17. The minimum atomic E-state index is 0.557. The summed E-state index contributed by atoms with van der Waals surface area (Å²) in [5, 5.41) is 19.8. The molecule has 0 saturated heterocycles. The summed E-state index contributed by atoms with van der Waals surface area (Å²) in [6, 6.07) is 17.4. The van der Waals surface area contributed by atoms with Gasteiger partial charge in [-0.3, -0.25) is 5.10 Å². The van der Waals surface area contributed by atoms with Crippen LogP contribution in [0.2, 0.25) is 0 Å². The predicted molar refractivity (Wildman–Crippen MR) is 97.1 cm³/mol. The van der Waals surface area contributed by atoms with Crippen LogP contribution in [0.1, 0.15) is 5.82 Å². The van der Waals surface area contributed by atoms with Crippen LogP contribution in [-0.2, 0) is 5.75 Å². The van der Waals surface area contributed by atoms with Crippen molar-refractivity contribution in [2.24, 2.45) is 0 Å². The van der Waals surface area contributed by atoms with Crippen molar-refractivity contribution in [3.8, 4) is 22.8 Å². The number of benzene rings is 2. The van der Waals surface area contributed by atoms with E-state index in [9.17, 15) is 0 Å². The lowest BCUT2D eigenvalue weighted by atomic mass is 10.2. The molecule has 0 saturated carbocycles. The third-order valence-corrected chi connectivity index (χ3v) is 4.54. The summed E-state index contributed by atoms with van der Waals surface area (Å²) >= 11 is 1.47. The number of ether oxygens (including phenoxy) is 1. The van der Waals surface area contributed by atoms with Gasteiger partial charge >= 0.3 is 0 Å². The van der Waals surface area contributed by atoms with Crippen LogP contribution < -0.4 is 4.74 Å². The first-order chi connectivity index (χ1) is 12.8. The Balaban J connectivity index is 1.46. The van der Waals surface area contributed by atoms with Gasteiger partial charge in [0.1, 0.15) is 5.75 Å². The van der Waals surface area contributed by atoms with Gasteiger partial charge in [-0.1, -0.05) is 30.0 Å². The van der Waals surface area contributed by atoms with Gasteiger partial charge in [0, 0.05) is 5.56 Å². The molecule has 0 atom stereocenters. The molecule has 0 spiro atoms. The van der Waals surface area contributed by atoms with Crippen LogP contribution >= 0.6 is 11.8 Å². The average molecular weight is 365 g/mol. The van der Waals surface area contributed by atoms with Gasteiger partial charge in [-0.2, -0.15) is 4.68 Å². The lowest BCUT2D eigenvalue weighted by Crippen LogP contribution is -2.01. The molecule has 0 aliphatic heterocycles. The van der Waals surface area contributed by atoms with Crippen molar-refractivity contribution in [2.75, 3.05) is 7.11 Å². The number of H-pyrrole nitrogens is 1. The Labute approximate surface area is 153 Å². The first-order valence-electron chi connectivity index (χ1n) is 7.86. The van der Waals surface area contributed by atoms with Crippen LogP contribution in [0.25, 0.3) is 17.1 Å². The monoisotopic (exact) mass is 365 g/mol. The molecule has 4 rings (SSSR count). The van der Waals surface area contributed by atoms with Crippen molar-refractivity contribution in [3.63, 3.8) is 0 Å². The van der Waals surface area contributed by atoms with Crippen molar-refractivity contribution in [1.82, 2.24) is 35.4 Å². The molecule has 2 aromatic carbocycles. The minimum Gasteiger partial charge on any atom is -0.497 e. The van der Waals surface area contributed by atoms with E-state index in [1.165, 1.54) is 11.8 Å². The van der Waals surface area contributed by atoms with Gasteiger partial charge in [-0.05, 0) is 46.8 Å². The summed E-state index contributed by atoms with van der Waals surface area (Å²) in [5.74, 6) is 2.80. The van der Waals surface area contributed by atoms with Crippen LogP contribution in [0.3, 0.4) is 0 Å². The second kappa shape index (κ2) is 7.36. The predicted octanol–water partition coefficient (Wildman–Crippen LogP) is 2.75. The van der Waals surface area contributed by atoms with Gasteiger partial charge in [-0.15, -0.1) is 10.2 Å². The van der Waals surface area contributed by atoms with Gasteiger partial charge in [0.05, 0.1) is 18.6 Å². The highest BCUT2D eigenvalue weighted by molar-refractivity contribution is 7.98. The summed E-state index contributed by atoms with van der Waals surface area (Å²) in [4.78, 5) is 4.52. The molecule has 2 heterocycles. The largest absolute Gasteiger partial charge is 0.497 e. The molecule has 8 nitrogen and oxygen atoms in total. The molecule has 0 aliphatic carbocycles. The molecule has 0 unspecified atom stereocenters. The number of methoxy groups -OCH3 is 1. The number of hydrogen-bond donors (Lipinski definition) is 1. The Morgan fingerprint density at radius 1 is 1.08 bits per heavy atom. The van der Waals surface area contributed by atoms with E-state index in [1.54, 1.807) is 11.8 Å². The molecular weight excluding hydrogens is 350 g/mol. The zero-order valence-corrected chi connectivity index (χ0v) is 14.7. The standard InChI is InChI=1S/C17H15N7OS/c1-25-14-9-7-12(8-10-14)16-18-17(21-20-16)26-11-15-19-22-23-24(15)13-5-3-2-4-6-13/h2-10H,11H2,1H3,(H,18,20,21). The molecular formula is C17H15N7OS. The number of rotatable bonds is 6. The molecule has 26 heavy (non-hydrogen) atoms. The van der Waals surface area contributed by atoms with Crippen molar-refractivity contribution in [3.05, 3.63) is 60.4 Å². The number of nitrogens with zero attached hydrogens (tertiary/aromatic N) is 6. The third kappa shape index (κ3) is 3.42. The average Bonchev–Trinajstić information content (AvgIpc) is 3.36. The minimum absolute atomic E-state index is 0.557. The topological polar surface area (TPSA) is 94.4 Å². The fourth-order valence-corrected chi connectivity index (χ4v) is 3.09. The van der Waals surface area contributed by atoms with Crippen molar-refractivity contribution < 1.29 is 4.74 Å². The number of nitrogens with one attached hydrogen (secondary N) is 1. The molecule has 4 aromatic rings. The van der Waals surface area contributed by atoms with E-state index >= 15 is 0 Å². The Bertz CT molecular complexity index is 982. The molecule has 0 aliphatic rings. The number of hydrogen-bond acceptors (Lipinski definition) is 7. The van der Waals surface area contributed by atoms with Gasteiger partial charge < -0.3 is 4.74 Å². The van der Waals surface area contributed by atoms with E-state index < -0.39 is 0 Å². The summed E-state index contributed by atoms with van der Waals surface area (Å²) in [6.07, 6.45) is 0. The van der Waals surface area contributed by atoms with E-state index in [1.807, 2.05) is 54.6 Å². The van der Waals surface area contributed by atoms with Crippen LogP contribution in [-0.4, -0.2) is 42.5 Å². The Morgan fingerprint density at radius 3 is 2.65 bits per heavy atom. The Morgan fingerprint density at radius 2 is 1.88 bits per heavy atom. The van der Waals surface area contributed by atoms with Crippen LogP contribution in [0.4, 0.5) is 0 Å². The fourth-order valence-electron chi connectivity index (χ4n) is 2.38. The van der Waals surface area contributed by atoms with E-state index in [0.717, 1.165) is 22.8 Å². The maximum absolute atomic E-state index is 5.17. The third-order valence-electron chi connectivity index (χ3n) is 3.69. The van der Waals surface area contributed by atoms with Gasteiger partial charge in [-0.25, -0.2) is 4.98 Å². The highest BCUT2D eigenvalue weighted by Gasteiger charge is 2.11. The van der Waals surface area contributed by atoms with Crippen LogP contribution in [0, 0.1) is 0 Å². The van der Waals surface area contributed by atoms with Crippen LogP contribution in [0.15, 0.2) is 59.8 Å². The van der Waals surface area contributed by atoms with Crippen molar-refractivity contribution in [2.45, 2.75) is 10.9 Å². The Hall–Kier alpha value is -3.20. The summed E-state index contributed by atoms with van der Waals surface area (Å²) in [5.41, 5.74) is 1.86. The van der Waals surface area contributed by atoms with Gasteiger partial charge in [0.2, 0.25) is 5.16 Å². The number of aromatic amines is 1. The highest BCUT2D eigenvalue weighted by Crippen LogP contribution is 2.23. The number of thioether (sulfide) groups is 1. The first kappa shape index (κ1) is 16.3. The lowest BCUT2D eigenvalue weighted by Gasteiger charge is -2.02. The zero-order valence-electron chi connectivity index (χ0n) is 13.9. The summed E-state index contributed by atoms with van der Waals surface area (Å²) in [7, 11) is 1.64. The Kier molecular flexibility index (Phi) is 4.61. The maximum Gasteiger partial charge on any atom is 0.209 e. The molecule has 0 fully saturated rings. The highest BCUT2D eigenvalue weighted by atomic mass is 32.2. The van der Waals surface area contributed by atoms with E-state index in [-0.39, 0.29) is 0 Å². The lowest BCUT2D eigenvalue weighted by molar-refractivity contribution is 0.415. The molecule has 1 N–H and O–H groups in total. The smallest absolute Gasteiger partial charge is 0.209 e. The molecule has 9 heteroatoms. The fraction of sp³-hybridized carbons (Fsp3) is 0.118. The SMILES string of the molecule is COc1ccc(-c2nc(SCc3nnnn3-c3ccccc3)n[nH]2)cc1. The van der Waals surface area contributed by atoms with E-state index in [2.05, 4.69) is 30.7 Å². The van der Waals surface area contributed by atoms with Crippen molar-refractivity contribution >= 4 is 11.8 Å². The number of para-hydroxylation sites is 1. The summed E-state index contributed by atoms with van der Waals surface area (Å²) in [6.45, 7) is 0. The van der Waals surface area contributed by atoms with Gasteiger partial charge in [0.25, 0.3) is 0 Å². The van der Waals surface area contributed by atoms with E-state index in [4.69, 9.17) is 4.74 Å². The second-order valence-corrected chi connectivity index (χ2v) is 6.27. The molecule has 0 radical (unpaired) electrons. The first-order valence-corrected chi connectivity index (χ1v) is 8.84. The quantitative estimate of drug-likeness (QED) is 0.525. The molecule has 2 aromatic heterocycles. The summed E-state index contributed by atoms with van der Waals surface area (Å²) < 4.78 is 6.88. The number of aromatic nitrogens is 7.